The number of benzene rings is 3. The van der Waals surface area contributed by atoms with Crippen molar-refractivity contribution in [2.45, 2.75) is 4.90 Å². The number of ether oxygens (including phenoxy) is 2. The van der Waals surface area contributed by atoms with Gasteiger partial charge in [-0.15, -0.1) is 0 Å². The Morgan fingerprint density at radius 3 is 2.34 bits per heavy atom. The van der Waals surface area contributed by atoms with Crippen molar-refractivity contribution in [3.63, 3.8) is 0 Å². The summed E-state index contributed by atoms with van der Waals surface area (Å²) in [5.74, 6) is 0.778. The van der Waals surface area contributed by atoms with E-state index < -0.39 is 15.9 Å². The molecule has 2 N–H and O–H groups in total. The van der Waals surface area contributed by atoms with Gasteiger partial charge in [0.15, 0.2) is 0 Å². The third-order valence-corrected chi connectivity index (χ3v) is 6.07. The van der Waals surface area contributed by atoms with Crippen molar-refractivity contribution in [3.05, 3.63) is 89.4 Å². The first-order valence-corrected chi connectivity index (χ1v) is 11.7. The average Bonchev–Trinajstić information content (AvgIpc) is 2.81. The van der Waals surface area contributed by atoms with Crippen LogP contribution >= 0.6 is 11.6 Å². The molecule has 0 heterocycles. The molecule has 1 amide bonds. The summed E-state index contributed by atoms with van der Waals surface area (Å²) in [6.07, 6.45) is 0. The van der Waals surface area contributed by atoms with Crippen molar-refractivity contribution in [3.8, 4) is 11.5 Å². The van der Waals surface area contributed by atoms with E-state index in [0.717, 1.165) is 0 Å². The number of rotatable bonds is 11. The molecule has 0 radical (unpaired) electrons. The van der Waals surface area contributed by atoms with Gasteiger partial charge in [-0.2, -0.15) is 0 Å². The molecule has 0 saturated heterocycles. The molecular formula is C23H23ClN2O5S. The second-order valence-electron chi connectivity index (χ2n) is 6.62. The summed E-state index contributed by atoms with van der Waals surface area (Å²) in [6.45, 7) is 0.717. The van der Waals surface area contributed by atoms with Gasteiger partial charge in [0.2, 0.25) is 10.0 Å². The smallest absolute Gasteiger partial charge is 0.251 e. The maximum atomic E-state index is 12.5. The number of amides is 1. The second-order valence-corrected chi connectivity index (χ2v) is 8.80. The van der Waals surface area contributed by atoms with Gasteiger partial charge in [-0.25, -0.2) is 13.1 Å². The average molecular weight is 475 g/mol. The molecule has 168 valence electrons. The van der Waals surface area contributed by atoms with Crippen molar-refractivity contribution in [1.82, 2.24) is 10.0 Å². The van der Waals surface area contributed by atoms with Gasteiger partial charge in [0, 0.05) is 12.1 Å². The highest BCUT2D eigenvalue weighted by molar-refractivity contribution is 7.89. The number of sulfonamides is 1. The van der Waals surface area contributed by atoms with Crippen molar-refractivity contribution in [2.75, 3.05) is 26.3 Å². The highest BCUT2D eigenvalue weighted by atomic mass is 35.5. The number of halogens is 1. The van der Waals surface area contributed by atoms with Crippen LogP contribution in [0.5, 0.6) is 11.5 Å². The lowest BCUT2D eigenvalue weighted by molar-refractivity contribution is 0.0947. The number of hydrogen-bond donors (Lipinski definition) is 2. The molecule has 0 aliphatic heterocycles. The molecule has 3 rings (SSSR count). The number of para-hydroxylation sites is 2. The van der Waals surface area contributed by atoms with Crippen LogP contribution in [0.1, 0.15) is 10.4 Å². The molecule has 0 unspecified atom stereocenters. The predicted molar refractivity (Wildman–Crippen MR) is 123 cm³/mol. The minimum atomic E-state index is -3.79. The van der Waals surface area contributed by atoms with E-state index in [1.54, 1.807) is 42.5 Å². The van der Waals surface area contributed by atoms with Crippen molar-refractivity contribution in [2.24, 2.45) is 0 Å². The van der Waals surface area contributed by atoms with Gasteiger partial charge in [-0.1, -0.05) is 48.0 Å². The molecular weight excluding hydrogens is 452 g/mol. The molecule has 0 aliphatic rings. The van der Waals surface area contributed by atoms with Crippen LogP contribution in [0.15, 0.2) is 83.8 Å². The van der Waals surface area contributed by atoms with E-state index in [4.69, 9.17) is 21.1 Å². The van der Waals surface area contributed by atoms with Crippen molar-refractivity contribution < 1.29 is 22.7 Å². The Morgan fingerprint density at radius 1 is 0.844 bits per heavy atom. The first-order valence-electron chi connectivity index (χ1n) is 9.89. The van der Waals surface area contributed by atoms with E-state index in [0.29, 0.717) is 16.5 Å². The van der Waals surface area contributed by atoms with E-state index in [2.05, 4.69) is 10.0 Å². The maximum absolute atomic E-state index is 12.5. The highest BCUT2D eigenvalue weighted by Gasteiger charge is 2.16. The molecule has 32 heavy (non-hydrogen) atoms. The summed E-state index contributed by atoms with van der Waals surface area (Å²) in [5.41, 5.74) is 0.228. The summed E-state index contributed by atoms with van der Waals surface area (Å²) >= 11 is 6.02. The SMILES string of the molecule is O=C(NCCOc1ccccc1Cl)c1cccc(S(=O)(=O)NCCOc2ccccc2)c1. The number of carbonyl (C=O) groups is 1. The van der Waals surface area contributed by atoms with Gasteiger partial charge in [-0.3, -0.25) is 4.79 Å². The zero-order valence-electron chi connectivity index (χ0n) is 17.2. The standard InChI is InChI=1S/C23H23ClN2O5S/c24-21-11-4-5-12-22(21)31-15-13-25-23(27)18-7-6-10-20(17-18)32(28,29)26-14-16-30-19-8-2-1-3-9-19/h1-12,17,26H,13-16H2,(H,25,27). The lowest BCUT2D eigenvalue weighted by Crippen LogP contribution is -2.30. The minimum Gasteiger partial charge on any atom is -0.492 e. The lowest BCUT2D eigenvalue weighted by atomic mass is 10.2. The van der Waals surface area contributed by atoms with Crippen LogP contribution in [0.25, 0.3) is 0 Å². The van der Waals surface area contributed by atoms with Crippen LogP contribution in [-0.4, -0.2) is 40.6 Å². The Labute approximate surface area is 192 Å². The van der Waals surface area contributed by atoms with Crippen molar-refractivity contribution in [1.29, 1.82) is 0 Å². The molecule has 0 saturated carbocycles. The summed E-state index contributed by atoms with van der Waals surface area (Å²) in [5, 5.41) is 3.18. The number of nitrogens with one attached hydrogen (secondary N) is 2. The first kappa shape index (κ1) is 23.6. The van der Waals surface area contributed by atoms with Crippen molar-refractivity contribution >= 4 is 27.5 Å². The van der Waals surface area contributed by atoms with E-state index in [-0.39, 0.29) is 36.8 Å². The second kappa shape index (κ2) is 11.5. The predicted octanol–water partition coefficient (Wildman–Crippen LogP) is 3.51. The molecule has 0 atom stereocenters. The van der Waals surface area contributed by atoms with Gasteiger partial charge >= 0.3 is 0 Å². The third-order valence-electron chi connectivity index (χ3n) is 4.29. The zero-order valence-corrected chi connectivity index (χ0v) is 18.7. The van der Waals surface area contributed by atoms with Gasteiger partial charge in [0.1, 0.15) is 24.7 Å². The van der Waals surface area contributed by atoms with Gasteiger partial charge in [-0.05, 0) is 42.5 Å². The van der Waals surface area contributed by atoms with E-state index in [1.165, 1.54) is 18.2 Å². The Morgan fingerprint density at radius 2 is 1.56 bits per heavy atom. The third kappa shape index (κ3) is 6.98. The molecule has 3 aromatic rings. The largest absolute Gasteiger partial charge is 0.492 e. The number of carbonyl (C=O) groups excluding carboxylic acids is 1. The maximum Gasteiger partial charge on any atom is 0.251 e. The summed E-state index contributed by atoms with van der Waals surface area (Å²) in [4.78, 5) is 12.4. The lowest BCUT2D eigenvalue weighted by Gasteiger charge is -2.11. The summed E-state index contributed by atoms with van der Waals surface area (Å²) in [6, 6.07) is 22.0. The van der Waals surface area contributed by atoms with Crippen LogP contribution in [0.3, 0.4) is 0 Å². The Hall–Kier alpha value is -3.07. The van der Waals surface area contributed by atoms with Gasteiger partial charge in [0.25, 0.3) is 5.91 Å². The minimum absolute atomic E-state index is 0.00261. The fraction of sp³-hybridized carbons (Fsp3) is 0.174. The molecule has 7 nitrogen and oxygen atoms in total. The van der Waals surface area contributed by atoms with Crippen LogP contribution in [0.2, 0.25) is 5.02 Å². The van der Waals surface area contributed by atoms with E-state index in [1.807, 2.05) is 18.2 Å². The Kier molecular flexibility index (Phi) is 8.49. The molecule has 9 heteroatoms. The van der Waals surface area contributed by atoms with E-state index in [9.17, 15) is 13.2 Å². The van der Waals surface area contributed by atoms with Crippen LogP contribution < -0.4 is 19.5 Å². The Balaban J connectivity index is 1.48. The zero-order chi connectivity index (χ0) is 22.8. The normalized spacial score (nSPS) is 11.0. The van der Waals surface area contributed by atoms with Crippen LogP contribution in [0, 0.1) is 0 Å². The summed E-state index contributed by atoms with van der Waals surface area (Å²) < 4.78 is 38.5. The molecule has 0 aliphatic carbocycles. The van der Waals surface area contributed by atoms with E-state index >= 15 is 0 Å². The monoisotopic (exact) mass is 474 g/mol. The molecule has 0 aromatic heterocycles. The van der Waals surface area contributed by atoms with Gasteiger partial charge in [0.05, 0.1) is 16.5 Å². The molecule has 0 fully saturated rings. The molecule has 0 spiro atoms. The topological polar surface area (TPSA) is 93.7 Å². The molecule has 0 bridgehead atoms. The number of hydrogen-bond acceptors (Lipinski definition) is 5. The first-order chi connectivity index (χ1) is 15.5. The van der Waals surface area contributed by atoms with Gasteiger partial charge < -0.3 is 14.8 Å². The fourth-order valence-corrected chi connectivity index (χ4v) is 3.99. The molecule has 3 aromatic carbocycles. The van der Waals surface area contributed by atoms with Crippen LogP contribution in [-0.2, 0) is 10.0 Å². The van der Waals surface area contributed by atoms with Crippen LogP contribution in [0.4, 0.5) is 0 Å². The highest BCUT2D eigenvalue weighted by Crippen LogP contribution is 2.22. The fourth-order valence-electron chi connectivity index (χ4n) is 2.74. The Bertz CT molecular complexity index is 1140. The quantitative estimate of drug-likeness (QED) is 0.415. The summed E-state index contributed by atoms with van der Waals surface area (Å²) in [7, 11) is -3.79.